The van der Waals surface area contributed by atoms with E-state index in [9.17, 15) is 22.4 Å². The average Bonchev–Trinajstić information content (AvgIpc) is 3.02. The van der Waals surface area contributed by atoms with Crippen molar-refractivity contribution in [3.63, 3.8) is 0 Å². The molecule has 3 atom stereocenters. The molecule has 0 saturated carbocycles. The molecule has 2 aliphatic rings. The summed E-state index contributed by atoms with van der Waals surface area (Å²) in [6, 6.07) is 3.57. The van der Waals surface area contributed by atoms with Crippen molar-refractivity contribution < 1.29 is 37.0 Å². The van der Waals surface area contributed by atoms with Gasteiger partial charge in [-0.25, -0.2) is 19.2 Å². The minimum absolute atomic E-state index is 0.0537. The molecule has 2 saturated heterocycles. The first-order valence-electron chi connectivity index (χ1n) is 9.02. The predicted molar refractivity (Wildman–Crippen MR) is 97.5 cm³/mol. The second kappa shape index (κ2) is 9.20. The first-order valence-corrected chi connectivity index (χ1v) is 9.02. The number of nitrogens with zero attached hydrogens (tertiary/aromatic N) is 4. The van der Waals surface area contributed by atoms with Gasteiger partial charge >= 0.3 is 12.1 Å². The van der Waals surface area contributed by atoms with Gasteiger partial charge in [0.2, 0.25) is 11.9 Å². The number of aromatic nitrogens is 3. The number of alkyl halides is 3. The number of amides is 1. The Balaban J connectivity index is 0.000000339. The van der Waals surface area contributed by atoms with E-state index >= 15 is 0 Å². The van der Waals surface area contributed by atoms with E-state index in [1.165, 1.54) is 0 Å². The normalized spacial score (nSPS) is 22.3. The van der Waals surface area contributed by atoms with E-state index in [0.717, 1.165) is 12.4 Å². The number of carbonyl (C=O) groups excluding carboxylic acids is 1. The number of hydrogen-bond donors (Lipinski definition) is 2. The predicted octanol–water partition coefficient (Wildman–Crippen LogP) is 1.88. The van der Waals surface area contributed by atoms with Crippen molar-refractivity contribution in [1.29, 1.82) is 0 Å². The van der Waals surface area contributed by atoms with E-state index in [-0.39, 0.29) is 24.0 Å². The number of aliphatic carboxylic acids is 1. The first kappa shape index (κ1) is 22.3. The second-order valence-corrected chi connectivity index (χ2v) is 6.78. The smallest absolute Gasteiger partial charge is 0.475 e. The van der Waals surface area contributed by atoms with Crippen LogP contribution in [0, 0.1) is 11.7 Å². The van der Waals surface area contributed by atoms with Crippen LogP contribution in [0.15, 0.2) is 36.9 Å². The summed E-state index contributed by atoms with van der Waals surface area (Å²) in [7, 11) is 0. The molecule has 4 heterocycles. The Hall–Kier alpha value is -3.35. The Bertz CT molecular complexity index is 913. The standard InChI is InChI=1S/C16H16FN5O2.C2HF3O2/c17-10-5-19-16(20-6-10)22-8-12-4-13(14(9-22)24-12)15(23)21-11-2-1-3-18-7-11;3-2(4,5)1(6)7/h1-3,5-7,12-14H,4,8-9H2,(H,21,23);(H,6,7)/t12-,13+,14-;/m1./s1. The van der Waals surface area contributed by atoms with E-state index in [1.807, 2.05) is 4.90 Å². The molecule has 0 spiro atoms. The van der Waals surface area contributed by atoms with Crippen LogP contribution in [0.25, 0.3) is 0 Å². The maximum Gasteiger partial charge on any atom is 0.490 e. The summed E-state index contributed by atoms with van der Waals surface area (Å²) in [6.07, 6.45) is 0.837. The lowest BCUT2D eigenvalue weighted by Crippen LogP contribution is -2.45. The lowest BCUT2D eigenvalue weighted by molar-refractivity contribution is -0.192. The highest BCUT2D eigenvalue weighted by Gasteiger charge is 2.45. The Labute approximate surface area is 173 Å². The second-order valence-electron chi connectivity index (χ2n) is 6.78. The molecule has 2 N–H and O–H groups in total. The maximum atomic E-state index is 13.0. The van der Waals surface area contributed by atoms with E-state index in [2.05, 4.69) is 20.3 Å². The van der Waals surface area contributed by atoms with Gasteiger partial charge in [0.05, 0.1) is 42.4 Å². The Morgan fingerprint density at radius 2 is 1.87 bits per heavy atom. The number of hydrogen-bond acceptors (Lipinski definition) is 7. The third kappa shape index (κ3) is 5.84. The zero-order valence-electron chi connectivity index (χ0n) is 15.8. The third-order valence-electron chi connectivity index (χ3n) is 4.56. The highest BCUT2D eigenvalue weighted by molar-refractivity contribution is 5.93. The molecule has 0 aromatic carbocycles. The van der Waals surface area contributed by atoms with E-state index in [0.29, 0.717) is 31.1 Å². The van der Waals surface area contributed by atoms with Crippen molar-refractivity contribution in [1.82, 2.24) is 15.0 Å². The third-order valence-corrected chi connectivity index (χ3v) is 4.56. The Kier molecular flexibility index (Phi) is 6.63. The molecular formula is C18H17F4N5O4. The van der Waals surface area contributed by atoms with Crippen LogP contribution in [0.1, 0.15) is 6.42 Å². The molecule has 2 aliphatic heterocycles. The summed E-state index contributed by atoms with van der Waals surface area (Å²) < 4.78 is 50.6. The lowest BCUT2D eigenvalue weighted by Gasteiger charge is -2.32. The zero-order chi connectivity index (χ0) is 22.6. The van der Waals surface area contributed by atoms with Gasteiger partial charge in [-0.2, -0.15) is 13.2 Å². The van der Waals surface area contributed by atoms with Crippen LogP contribution in [-0.2, 0) is 14.3 Å². The molecule has 166 valence electrons. The summed E-state index contributed by atoms with van der Waals surface area (Å²) in [5.74, 6) is -3.07. The van der Waals surface area contributed by atoms with Crippen molar-refractivity contribution in [3.8, 4) is 0 Å². The molecule has 0 radical (unpaired) electrons. The fourth-order valence-corrected chi connectivity index (χ4v) is 3.24. The first-order chi connectivity index (χ1) is 14.6. The molecule has 2 fully saturated rings. The number of carboxylic acid groups (broad SMARTS) is 1. The summed E-state index contributed by atoms with van der Waals surface area (Å²) in [4.78, 5) is 35.4. The molecule has 4 rings (SSSR count). The molecule has 9 nitrogen and oxygen atoms in total. The minimum atomic E-state index is -5.08. The lowest BCUT2D eigenvalue weighted by atomic mass is 9.99. The van der Waals surface area contributed by atoms with Crippen LogP contribution in [0.4, 0.5) is 29.2 Å². The molecule has 2 bridgehead atoms. The Morgan fingerprint density at radius 1 is 1.19 bits per heavy atom. The van der Waals surface area contributed by atoms with E-state index in [4.69, 9.17) is 14.6 Å². The van der Waals surface area contributed by atoms with Crippen LogP contribution >= 0.6 is 0 Å². The SMILES string of the molecule is O=C(Nc1cccnc1)[C@H]1C[C@@H]2CN(c3ncc(F)cn3)C[C@H]1O2.O=C(O)C(F)(F)F. The number of halogens is 4. The van der Waals surface area contributed by atoms with Crippen LogP contribution in [-0.4, -0.2) is 63.4 Å². The van der Waals surface area contributed by atoms with Crippen LogP contribution < -0.4 is 10.2 Å². The summed E-state index contributed by atoms with van der Waals surface area (Å²) in [6.45, 7) is 1.10. The quantitative estimate of drug-likeness (QED) is 0.691. The number of carbonyl (C=O) groups is 2. The van der Waals surface area contributed by atoms with Gasteiger partial charge in [0.15, 0.2) is 5.82 Å². The van der Waals surface area contributed by atoms with Crippen molar-refractivity contribution in [3.05, 3.63) is 42.7 Å². The van der Waals surface area contributed by atoms with Gasteiger partial charge in [-0.05, 0) is 18.6 Å². The van der Waals surface area contributed by atoms with Gasteiger partial charge in [0.25, 0.3) is 0 Å². The number of fused-ring (bicyclic) bond motifs is 2. The number of pyridine rings is 1. The van der Waals surface area contributed by atoms with Crippen molar-refractivity contribution >= 4 is 23.5 Å². The molecule has 2 aromatic rings. The number of ether oxygens (including phenoxy) is 1. The monoisotopic (exact) mass is 443 g/mol. The maximum absolute atomic E-state index is 13.0. The number of rotatable bonds is 3. The summed E-state index contributed by atoms with van der Waals surface area (Å²) in [5, 5.41) is 10.0. The zero-order valence-corrected chi connectivity index (χ0v) is 15.8. The fourth-order valence-electron chi connectivity index (χ4n) is 3.24. The van der Waals surface area contributed by atoms with E-state index < -0.39 is 18.0 Å². The van der Waals surface area contributed by atoms with Crippen LogP contribution in [0.3, 0.4) is 0 Å². The minimum Gasteiger partial charge on any atom is -0.475 e. The highest BCUT2D eigenvalue weighted by Crippen LogP contribution is 2.33. The van der Waals surface area contributed by atoms with Crippen molar-refractivity contribution in [2.45, 2.75) is 24.8 Å². The molecular weight excluding hydrogens is 426 g/mol. The van der Waals surface area contributed by atoms with Crippen molar-refractivity contribution in [2.24, 2.45) is 5.92 Å². The Morgan fingerprint density at radius 3 is 2.45 bits per heavy atom. The number of morpholine rings is 1. The van der Waals surface area contributed by atoms with Gasteiger partial charge in [-0.15, -0.1) is 0 Å². The van der Waals surface area contributed by atoms with Gasteiger partial charge in [-0.3, -0.25) is 9.78 Å². The van der Waals surface area contributed by atoms with E-state index in [1.54, 1.807) is 24.5 Å². The highest BCUT2D eigenvalue weighted by atomic mass is 19.4. The van der Waals surface area contributed by atoms with Gasteiger partial charge < -0.3 is 20.1 Å². The van der Waals surface area contributed by atoms with Gasteiger partial charge in [0.1, 0.15) is 0 Å². The molecule has 0 unspecified atom stereocenters. The topological polar surface area (TPSA) is 118 Å². The van der Waals surface area contributed by atoms with Crippen LogP contribution in [0.5, 0.6) is 0 Å². The summed E-state index contributed by atoms with van der Waals surface area (Å²) >= 11 is 0. The molecule has 0 aliphatic carbocycles. The average molecular weight is 443 g/mol. The number of nitrogens with one attached hydrogen (secondary N) is 1. The largest absolute Gasteiger partial charge is 0.490 e. The van der Waals surface area contributed by atoms with Gasteiger partial charge in [0, 0.05) is 19.3 Å². The molecule has 13 heteroatoms. The molecule has 2 aromatic heterocycles. The summed E-state index contributed by atoms with van der Waals surface area (Å²) in [5.41, 5.74) is 0.669. The molecule has 31 heavy (non-hydrogen) atoms. The van der Waals surface area contributed by atoms with Crippen LogP contribution in [0.2, 0.25) is 0 Å². The van der Waals surface area contributed by atoms with Crippen molar-refractivity contribution in [2.75, 3.05) is 23.3 Å². The number of carboxylic acids is 1. The number of anilines is 2. The fraction of sp³-hybridized carbons (Fsp3) is 0.389. The molecule has 1 amide bonds. The van der Waals surface area contributed by atoms with Gasteiger partial charge in [-0.1, -0.05) is 0 Å².